The van der Waals surface area contributed by atoms with E-state index in [1.165, 1.54) is 22.6 Å². The monoisotopic (exact) mass is 355 g/mol. The van der Waals surface area contributed by atoms with Crippen LogP contribution in [0.15, 0.2) is 34.7 Å². The molecule has 4 nitrogen and oxygen atoms in total. The van der Waals surface area contributed by atoms with Crippen molar-refractivity contribution in [3.8, 4) is 0 Å². The zero-order chi connectivity index (χ0) is 18.2. The van der Waals surface area contributed by atoms with E-state index < -0.39 is 0 Å². The fourth-order valence-electron chi connectivity index (χ4n) is 3.50. The number of thiophene rings is 1. The number of nitrogens with zero attached hydrogens (tertiary/aromatic N) is 2. The number of hydrogen-bond acceptors (Lipinski definition) is 4. The average Bonchev–Trinajstić information content (AvgIpc) is 3.08. The van der Waals surface area contributed by atoms with Gasteiger partial charge in [-0.05, 0) is 73.4 Å². The first kappa shape index (κ1) is 17.7. The molecule has 132 valence electrons. The van der Waals surface area contributed by atoms with Crippen molar-refractivity contribution in [1.29, 1.82) is 0 Å². The number of carbonyl (C=O) groups is 1. The van der Waals surface area contributed by atoms with Crippen molar-refractivity contribution in [1.82, 2.24) is 5.43 Å². The number of fused-ring (bicyclic) bond motifs is 1. The SMILES string of the molecule is Cc1cc2c(cc1/C=N/NC(=O)c1cccs1)C(C)CC(C)(C)N2C. The Hall–Kier alpha value is -2.14. The normalized spacial score (nSPS) is 19.1. The molecule has 25 heavy (non-hydrogen) atoms. The number of nitrogens with one attached hydrogen (secondary N) is 1. The zero-order valence-electron chi connectivity index (χ0n) is 15.5. The minimum Gasteiger partial charge on any atom is -0.369 e. The zero-order valence-corrected chi connectivity index (χ0v) is 16.3. The van der Waals surface area contributed by atoms with Crippen LogP contribution in [0.1, 0.15) is 59.5 Å². The molecule has 1 aliphatic rings. The Morgan fingerprint density at radius 2 is 2.20 bits per heavy atom. The molecule has 0 fully saturated rings. The van der Waals surface area contributed by atoms with Gasteiger partial charge < -0.3 is 4.90 Å². The number of aryl methyl sites for hydroxylation is 1. The van der Waals surface area contributed by atoms with Crippen LogP contribution in [0, 0.1) is 6.92 Å². The summed E-state index contributed by atoms with van der Waals surface area (Å²) >= 11 is 1.41. The summed E-state index contributed by atoms with van der Waals surface area (Å²) in [5.74, 6) is 0.325. The quantitative estimate of drug-likeness (QED) is 0.649. The minimum absolute atomic E-state index is 0.156. The first-order valence-corrected chi connectivity index (χ1v) is 9.43. The number of hydrogen-bond donors (Lipinski definition) is 1. The fourth-order valence-corrected chi connectivity index (χ4v) is 4.11. The molecule has 0 saturated carbocycles. The second kappa shape index (κ2) is 6.64. The van der Waals surface area contributed by atoms with Crippen molar-refractivity contribution >= 4 is 29.1 Å². The van der Waals surface area contributed by atoms with Gasteiger partial charge in [0.25, 0.3) is 5.91 Å². The Kier molecular flexibility index (Phi) is 4.69. The van der Waals surface area contributed by atoms with Gasteiger partial charge in [-0.15, -0.1) is 11.3 Å². The van der Waals surface area contributed by atoms with Crippen molar-refractivity contribution in [3.63, 3.8) is 0 Å². The lowest BCUT2D eigenvalue weighted by Gasteiger charge is -2.45. The van der Waals surface area contributed by atoms with Gasteiger partial charge in [-0.25, -0.2) is 5.43 Å². The van der Waals surface area contributed by atoms with Gasteiger partial charge in [-0.3, -0.25) is 4.79 Å². The molecule has 2 aromatic rings. The topological polar surface area (TPSA) is 44.7 Å². The van der Waals surface area contributed by atoms with Crippen LogP contribution in [0.2, 0.25) is 0 Å². The van der Waals surface area contributed by atoms with Gasteiger partial charge in [0.05, 0.1) is 11.1 Å². The highest BCUT2D eigenvalue weighted by Crippen LogP contribution is 2.43. The van der Waals surface area contributed by atoms with Crippen molar-refractivity contribution in [2.45, 2.75) is 45.6 Å². The molecule has 1 aromatic carbocycles. The molecule has 1 aliphatic heterocycles. The van der Waals surface area contributed by atoms with E-state index in [1.807, 2.05) is 11.4 Å². The van der Waals surface area contributed by atoms with Gasteiger partial charge in [0, 0.05) is 18.3 Å². The molecule has 2 heterocycles. The van der Waals surface area contributed by atoms with Crippen molar-refractivity contribution in [3.05, 3.63) is 51.2 Å². The number of carbonyl (C=O) groups excluding carboxylic acids is 1. The summed E-state index contributed by atoms with van der Waals surface area (Å²) in [5, 5.41) is 6.03. The number of anilines is 1. The highest BCUT2D eigenvalue weighted by molar-refractivity contribution is 7.12. The first-order valence-electron chi connectivity index (χ1n) is 8.55. The average molecular weight is 356 g/mol. The Bertz CT molecular complexity index is 809. The van der Waals surface area contributed by atoms with E-state index in [4.69, 9.17) is 0 Å². The lowest BCUT2D eigenvalue weighted by molar-refractivity contribution is 0.0959. The predicted octanol–water partition coefficient (Wildman–Crippen LogP) is 4.54. The van der Waals surface area contributed by atoms with Crippen LogP contribution < -0.4 is 10.3 Å². The third-order valence-electron chi connectivity index (χ3n) is 5.14. The fraction of sp³-hybridized carbons (Fsp3) is 0.400. The van der Waals surface area contributed by atoms with Crippen LogP contribution >= 0.6 is 11.3 Å². The van der Waals surface area contributed by atoms with Crippen LogP contribution in [0.4, 0.5) is 5.69 Å². The molecule has 3 rings (SSSR count). The number of amides is 1. The summed E-state index contributed by atoms with van der Waals surface area (Å²) in [4.78, 5) is 15.0. The maximum atomic E-state index is 12.0. The first-order chi connectivity index (χ1) is 11.8. The molecule has 0 saturated heterocycles. The lowest BCUT2D eigenvalue weighted by atomic mass is 9.79. The van der Waals surface area contributed by atoms with Crippen molar-refractivity contribution in [2.24, 2.45) is 5.10 Å². The Morgan fingerprint density at radius 3 is 2.88 bits per heavy atom. The third kappa shape index (κ3) is 3.47. The highest BCUT2D eigenvalue weighted by atomic mass is 32.1. The van der Waals surface area contributed by atoms with E-state index in [0.717, 1.165) is 17.5 Å². The standard InChI is InChI=1S/C20H25N3OS/c1-13-9-17-16(14(2)11-20(3,4)23(17)5)10-15(13)12-21-22-19(24)18-7-6-8-25-18/h6-10,12,14H,11H2,1-5H3,(H,22,24)/b21-12+. The molecule has 5 heteroatoms. The van der Waals surface area contributed by atoms with Crippen molar-refractivity contribution < 1.29 is 4.79 Å². The molecule has 0 aliphatic carbocycles. The molecule has 1 N–H and O–H groups in total. The molecule has 1 atom stereocenters. The Labute approximate surface area is 153 Å². The summed E-state index contributed by atoms with van der Waals surface area (Å²) in [6.45, 7) is 8.94. The molecule has 1 aromatic heterocycles. The van der Waals surface area contributed by atoms with Crippen molar-refractivity contribution in [2.75, 3.05) is 11.9 Å². The van der Waals surface area contributed by atoms with E-state index in [0.29, 0.717) is 10.8 Å². The third-order valence-corrected chi connectivity index (χ3v) is 6.00. The summed E-state index contributed by atoms with van der Waals surface area (Å²) in [6.07, 6.45) is 2.86. The number of hydrazone groups is 1. The van der Waals surface area contributed by atoms with E-state index >= 15 is 0 Å². The van der Waals surface area contributed by atoms with Crippen LogP contribution in [0.5, 0.6) is 0 Å². The number of benzene rings is 1. The summed E-state index contributed by atoms with van der Waals surface area (Å²) < 4.78 is 0. The summed E-state index contributed by atoms with van der Waals surface area (Å²) in [6, 6.07) is 8.09. The van der Waals surface area contributed by atoms with Gasteiger partial charge in [-0.1, -0.05) is 13.0 Å². The van der Waals surface area contributed by atoms with E-state index in [9.17, 15) is 4.79 Å². The Morgan fingerprint density at radius 1 is 1.44 bits per heavy atom. The van der Waals surface area contributed by atoms with E-state index in [2.05, 4.69) is 62.3 Å². The van der Waals surface area contributed by atoms with E-state index in [-0.39, 0.29) is 11.4 Å². The van der Waals surface area contributed by atoms with Crippen LogP contribution in [0.25, 0.3) is 0 Å². The lowest BCUT2D eigenvalue weighted by Crippen LogP contribution is -2.45. The molecule has 0 radical (unpaired) electrons. The van der Waals surface area contributed by atoms with Gasteiger partial charge in [0.15, 0.2) is 0 Å². The smallest absolute Gasteiger partial charge is 0.281 e. The van der Waals surface area contributed by atoms with E-state index in [1.54, 1.807) is 12.3 Å². The molecule has 0 bridgehead atoms. The Balaban J connectivity index is 1.83. The van der Waals surface area contributed by atoms with Gasteiger partial charge in [-0.2, -0.15) is 5.10 Å². The minimum atomic E-state index is -0.170. The summed E-state index contributed by atoms with van der Waals surface area (Å²) in [7, 11) is 2.17. The number of rotatable bonds is 3. The van der Waals surface area contributed by atoms with Crippen LogP contribution in [-0.4, -0.2) is 24.7 Å². The largest absolute Gasteiger partial charge is 0.369 e. The highest BCUT2D eigenvalue weighted by Gasteiger charge is 2.34. The van der Waals surface area contributed by atoms with Gasteiger partial charge >= 0.3 is 0 Å². The maximum absolute atomic E-state index is 12.0. The summed E-state index contributed by atoms with van der Waals surface area (Å²) in [5.41, 5.74) is 7.60. The van der Waals surface area contributed by atoms with Crippen LogP contribution in [0.3, 0.4) is 0 Å². The molecule has 1 unspecified atom stereocenters. The van der Waals surface area contributed by atoms with Gasteiger partial charge in [0.1, 0.15) is 0 Å². The molecule has 0 spiro atoms. The molecular formula is C20H25N3OS. The van der Waals surface area contributed by atoms with Crippen LogP contribution in [-0.2, 0) is 0 Å². The molecular weight excluding hydrogens is 330 g/mol. The second-order valence-corrected chi connectivity index (χ2v) is 8.37. The second-order valence-electron chi connectivity index (χ2n) is 7.42. The van der Waals surface area contributed by atoms with Gasteiger partial charge in [0.2, 0.25) is 0 Å². The predicted molar refractivity (Wildman–Crippen MR) is 106 cm³/mol. The molecule has 1 amide bonds. The maximum Gasteiger partial charge on any atom is 0.281 e.